The van der Waals surface area contributed by atoms with Crippen molar-refractivity contribution in [1.82, 2.24) is 0 Å². The topological polar surface area (TPSA) is 0 Å². The first-order valence-corrected chi connectivity index (χ1v) is 3.98. The number of rotatable bonds is 0. The molecule has 0 nitrogen and oxygen atoms in total. The van der Waals surface area contributed by atoms with Gasteiger partial charge in [0, 0.05) is 5.25 Å². The van der Waals surface area contributed by atoms with E-state index in [1.165, 1.54) is 25.7 Å². The largest absolute Gasteiger partial charge is 0.176 e. The Morgan fingerprint density at radius 2 is 2.12 bits per heavy atom. The van der Waals surface area contributed by atoms with Crippen LogP contribution in [0.2, 0.25) is 0 Å². The summed E-state index contributed by atoms with van der Waals surface area (Å²) in [6.45, 7) is 2.32. The van der Waals surface area contributed by atoms with Gasteiger partial charge in [0.2, 0.25) is 0 Å². The van der Waals surface area contributed by atoms with Gasteiger partial charge in [-0.2, -0.15) is 12.6 Å². The average molecular weight is 130 g/mol. The van der Waals surface area contributed by atoms with Crippen molar-refractivity contribution in [2.45, 2.75) is 37.9 Å². The maximum Gasteiger partial charge on any atom is 0.00193 e. The lowest BCUT2D eigenvalue weighted by atomic mass is 9.91. The Bertz CT molecular complexity index is 62.8. The third-order valence-electron chi connectivity index (χ3n) is 1.91. The van der Waals surface area contributed by atoms with E-state index in [0.717, 1.165) is 5.92 Å². The Kier molecular flexibility index (Phi) is 2.24. The van der Waals surface area contributed by atoms with Gasteiger partial charge in [-0.15, -0.1) is 0 Å². The Hall–Kier alpha value is 0.350. The van der Waals surface area contributed by atoms with Gasteiger partial charge in [-0.05, 0) is 18.8 Å². The first-order valence-electron chi connectivity index (χ1n) is 3.47. The molecule has 1 saturated carbocycles. The molecule has 0 N–H and O–H groups in total. The molecule has 1 fully saturated rings. The van der Waals surface area contributed by atoms with Crippen LogP contribution in [-0.4, -0.2) is 5.25 Å². The maximum absolute atomic E-state index is 4.42. The summed E-state index contributed by atoms with van der Waals surface area (Å²) >= 11 is 4.42. The third kappa shape index (κ3) is 1.70. The van der Waals surface area contributed by atoms with Crippen molar-refractivity contribution in [2.24, 2.45) is 5.92 Å². The average Bonchev–Trinajstić information content (AvgIpc) is 1.64. The highest BCUT2D eigenvalue weighted by molar-refractivity contribution is 7.80. The molecule has 0 heterocycles. The van der Waals surface area contributed by atoms with Crippen molar-refractivity contribution in [2.75, 3.05) is 0 Å². The summed E-state index contributed by atoms with van der Waals surface area (Å²) in [6.07, 6.45) is 5.50. The number of thiol groups is 1. The second-order valence-corrected chi connectivity index (χ2v) is 3.66. The van der Waals surface area contributed by atoms with Crippen LogP contribution in [0, 0.1) is 5.92 Å². The van der Waals surface area contributed by atoms with Gasteiger partial charge >= 0.3 is 0 Å². The molecule has 0 bridgehead atoms. The van der Waals surface area contributed by atoms with E-state index >= 15 is 0 Å². The SMILES string of the molecule is CC1CCCC(S)C1. The molecule has 0 aromatic carbocycles. The second-order valence-electron chi connectivity index (χ2n) is 2.93. The Labute approximate surface area is 57.1 Å². The molecule has 48 valence electrons. The van der Waals surface area contributed by atoms with Crippen molar-refractivity contribution in [3.63, 3.8) is 0 Å². The van der Waals surface area contributed by atoms with Crippen LogP contribution < -0.4 is 0 Å². The van der Waals surface area contributed by atoms with Gasteiger partial charge in [-0.3, -0.25) is 0 Å². The van der Waals surface area contributed by atoms with Crippen LogP contribution in [0.1, 0.15) is 32.6 Å². The van der Waals surface area contributed by atoms with E-state index in [4.69, 9.17) is 0 Å². The van der Waals surface area contributed by atoms with Crippen LogP contribution in [0.4, 0.5) is 0 Å². The fourth-order valence-electron chi connectivity index (χ4n) is 1.40. The Morgan fingerprint density at radius 1 is 1.38 bits per heavy atom. The van der Waals surface area contributed by atoms with E-state index in [9.17, 15) is 0 Å². The van der Waals surface area contributed by atoms with Crippen molar-refractivity contribution >= 4 is 12.6 Å². The predicted octanol–water partition coefficient (Wildman–Crippen LogP) is 2.49. The van der Waals surface area contributed by atoms with E-state index in [1.807, 2.05) is 0 Å². The van der Waals surface area contributed by atoms with E-state index in [2.05, 4.69) is 19.6 Å². The molecular formula is C7H14S. The standard InChI is InChI=1S/C7H14S/c1-6-3-2-4-7(8)5-6/h6-8H,2-5H2,1H3. The lowest BCUT2D eigenvalue weighted by Crippen LogP contribution is -2.12. The van der Waals surface area contributed by atoms with E-state index in [-0.39, 0.29) is 0 Å². The Morgan fingerprint density at radius 3 is 2.50 bits per heavy atom. The number of hydrogen-bond acceptors (Lipinski definition) is 1. The summed E-state index contributed by atoms with van der Waals surface area (Å²) in [7, 11) is 0. The lowest BCUT2D eigenvalue weighted by molar-refractivity contribution is 0.395. The molecule has 8 heavy (non-hydrogen) atoms. The molecule has 1 aliphatic carbocycles. The molecule has 0 radical (unpaired) electrons. The Balaban J connectivity index is 2.23. The number of hydrogen-bond donors (Lipinski definition) is 1. The minimum atomic E-state index is 0.707. The highest BCUT2D eigenvalue weighted by atomic mass is 32.1. The molecule has 1 aliphatic rings. The molecule has 0 saturated heterocycles. The van der Waals surface area contributed by atoms with Crippen LogP contribution in [0.5, 0.6) is 0 Å². The normalized spacial score (nSPS) is 39.8. The fraction of sp³-hybridized carbons (Fsp3) is 1.00. The van der Waals surface area contributed by atoms with Crippen LogP contribution in [0.15, 0.2) is 0 Å². The summed E-state index contributed by atoms with van der Waals surface area (Å²) < 4.78 is 0. The fourth-order valence-corrected chi connectivity index (χ4v) is 1.94. The first kappa shape index (κ1) is 6.47. The van der Waals surface area contributed by atoms with E-state index in [0.29, 0.717) is 5.25 Å². The van der Waals surface area contributed by atoms with Gasteiger partial charge in [0.25, 0.3) is 0 Å². The van der Waals surface area contributed by atoms with E-state index in [1.54, 1.807) is 0 Å². The summed E-state index contributed by atoms with van der Waals surface area (Å²) in [5.41, 5.74) is 0. The van der Waals surface area contributed by atoms with Gasteiger partial charge in [-0.1, -0.05) is 19.8 Å². The quantitative estimate of drug-likeness (QED) is 0.478. The van der Waals surface area contributed by atoms with Gasteiger partial charge < -0.3 is 0 Å². The molecule has 0 amide bonds. The van der Waals surface area contributed by atoms with Gasteiger partial charge in [0.15, 0.2) is 0 Å². The highest BCUT2D eigenvalue weighted by Gasteiger charge is 2.14. The van der Waals surface area contributed by atoms with Crippen LogP contribution in [-0.2, 0) is 0 Å². The van der Waals surface area contributed by atoms with Gasteiger partial charge in [0.1, 0.15) is 0 Å². The molecule has 0 aliphatic heterocycles. The zero-order valence-corrected chi connectivity index (χ0v) is 6.32. The summed E-state index contributed by atoms with van der Waals surface area (Å²) in [5.74, 6) is 0.936. The molecule has 0 aromatic rings. The summed E-state index contributed by atoms with van der Waals surface area (Å²) in [6, 6.07) is 0. The van der Waals surface area contributed by atoms with Crippen LogP contribution in [0.25, 0.3) is 0 Å². The lowest BCUT2D eigenvalue weighted by Gasteiger charge is -2.22. The maximum atomic E-state index is 4.42. The summed E-state index contributed by atoms with van der Waals surface area (Å²) in [5, 5.41) is 0.707. The second kappa shape index (κ2) is 2.77. The monoisotopic (exact) mass is 130 g/mol. The van der Waals surface area contributed by atoms with Crippen molar-refractivity contribution in [3.8, 4) is 0 Å². The third-order valence-corrected chi connectivity index (χ3v) is 2.38. The van der Waals surface area contributed by atoms with Gasteiger partial charge in [-0.25, -0.2) is 0 Å². The molecule has 2 atom stereocenters. The molecule has 0 aromatic heterocycles. The molecule has 2 unspecified atom stereocenters. The molecule has 1 rings (SSSR count). The zero-order valence-electron chi connectivity index (χ0n) is 5.43. The van der Waals surface area contributed by atoms with Crippen molar-refractivity contribution in [3.05, 3.63) is 0 Å². The zero-order chi connectivity index (χ0) is 5.98. The van der Waals surface area contributed by atoms with Crippen LogP contribution in [0.3, 0.4) is 0 Å². The smallest absolute Gasteiger partial charge is 0.00193 e. The first-order chi connectivity index (χ1) is 3.79. The van der Waals surface area contributed by atoms with E-state index < -0.39 is 0 Å². The van der Waals surface area contributed by atoms with Crippen molar-refractivity contribution < 1.29 is 0 Å². The molecule has 1 heteroatoms. The molecular weight excluding hydrogens is 116 g/mol. The van der Waals surface area contributed by atoms with Crippen LogP contribution >= 0.6 is 12.6 Å². The van der Waals surface area contributed by atoms with Crippen molar-refractivity contribution in [1.29, 1.82) is 0 Å². The predicted molar refractivity (Wildman–Crippen MR) is 40.4 cm³/mol. The highest BCUT2D eigenvalue weighted by Crippen LogP contribution is 2.26. The molecule has 0 spiro atoms. The minimum absolute atomic E-state index is 0.707. The van der Waals surface area contributed by atoms with Gasteiger partial charge in [0.05, 0.1) is 0 Å². The minimum Gasteiger partial charge on any atom is -0.176 e. The summed E-state index contributed by atoms with van der Waals surface area (Å²) in [4.78, 5) is 0.